The Labute approximate surface area is 118 Å². The molecule has 2 aromatic rings. The molecule has 0 fully saturated rings. The van der Waals surface area contributed by atoms with Gasteiger partial charge in [-0.2, -0.15) is 0 Å². The molecule has 20 heavy (non-hydrogen) atoms. The van der Waals surface area contributed by atoms with Gasteiger partial charge in [0.25, 0.3) is 0 Å². The number of rotatable bonds is 3. The van der Waals surface area contributed by atoms with Crippen LogP contribution < -0.4 is 5.32 Å². The first kappa shape index (κ1) is 13.9. The van der Waals surface area contributed by atoms with Crippen molar-refractivity contribution in [3.63, 3.8) is 0 Å². The van der Waals surface area contributed by atoms with E-state index in [4.69, 9.17) is 0 Å². The van der Waals surface area contributed by atoms with E-state index in [9.17, 15) is 9.90 Å². The fourth-order valence-corrected chi connectivity index (χ4v) is 2.07. The third kappa shape index (κ3) is 3.09. The number of benzene rings is 2. The average Bonchev–Trinajstić information content (AvgIpc) is 2.48. The molecule has 1 unspecified atom stereocenters. The lowest BCUT2D eigenvalue weighted by molar-refractivity contribution is 0.168. The standard InChI is InChI=1S/C16H17NO3/c1-11-8-9-14(18)13(10-11)15(17-16(19)20-2)12-6-4-3-5-7-12/h3-10,15,18H,1-2H3,(H,17,19). The van der Waals surface area contributed by atoms with E-state index in [1.165, 1.54) is 7.11 Å². The topological polar surface area (TPSA) is 58.6 Å². The molecule has 2 N–H and O–H groups in total. The van der Waals surface area contributed by atoms with Crippen LogP contribution in [0, 0.1) is 6.92 Å². The highest BCUT2D eigenvalue weighted by Gasteiger charge is 2.20. The van der Waals surface area contributed by atoms with Gasteiger partial charge in [0.05, 0.1) is 13.2 Å². The Bertz CT molecular complexity index is 596. The zero-order chi connectivity index (χ0) is 14.5. The lowest BCUT2D eigenvalue weighted by atomic mass is 9.96. The Kier molecular flexibility index (Phi) is 4.25. The first-order valence-electron chi connectivity index (χ1n) is 6.30. The molecule has 104 valence electrons. The predicted molar refractivity (Wildman–Crippen MR) is 76.7 cm³/mol. The van der Waals surface area contributed by atoms with Gasteiger partial charge < -0.3 is 15.2 Å². The van der Waals surface area contributed by atoms with Gasteiger partial charge in [0.1, 0.15) is 5.75 Å². The summed E-state index contributed by atoms with van der Waals surface area (Å²) in [5, 5.41) is 12.8. The van der Waals surface area contributed by atoms with Crippen molar-refractivity contribution in [3.8, 4) is 5.75 Å². The van der Waals surface area contributed by atoms with Crippen molar-refractivity contribution in [2.24, 2.45) is 0 Å². The molecule has 0 aromatic heterocycles. The zero-order valence-electron chi connectivity index (χ0n) is 11.5. The molecule has 0 aliphatic heterocycles. The molecule has 0 bridgehead atoms. The van der Waals surface area contributed by atoms with Crippen LogP contribution in [0.4, 0.5) is 4.79 Å². The van der Waals surface area contributed by atoms with Crippen LogP contribution in [0.3, 0.4) is 0 Å². The summed E-state index contributed by atoms with van der Waals surface area (Å²) in [7, 11) is 1.31. The Morgan fingerprint density at radius 3 is 2.55 bits per heavy atom. The summed E-state index contributed by atoms with van der Waals surface area (Å²) in [5.74, 6) is 0.140. The van der Waals surface area contributed by atoms with Crippen molar-refractivity contribution in [3.05, 3.63) is 65.2 Å². The number of alkyl carbamates (subject to hydrolysis) is 1. The molecule has 2 rings (SSSR count). The highest BCUT2D eigenvalue weighted by Crippen LogP contribution is 2.30. The molecular weight excluding hydrogens is 254 g/mol. The Morgan fingerprint density at radius 1 is 1.20 bits per heavy atom. The fourth-order valence-electron chi connectivity index (χ4n) is 2.07. The monoisotopic (exact) mass is 271 g/mol. The lowest BCUT2D eigenvalue weighted by Gasteiger charge is -2.20. The number of methoxy groups -OCH3 is 1. The Hall–Kier alpha value is -2.49. The van der Waals surface area contributed by atoms with Gasteiger partial charge in [0.15, 0.2) is 0 Å². The molecule has 2 aromatic carbocycles. The van der Waals surface area contributed by atoms with Crippen molar-refractivity contribution in [1.29, 1.82) is 0 Å². The van der Waals surface area contributed by atoms with Crippen molar-refractivity contribution >= 4 is 6.09 Å². The van der Waals surface area contributed by atoms with Crippen LogP contribution >= 0.6 is 0 Å². The number of hydrogen-bond donors (Lipinski definition) is 2. The maximum Gasteiger partial charge on any atom is 0.407 e. The predicted octanol–water partition coefficient (Wildman–Crippen LogP) is 3.15. The van der Waals surface area contributed by atoms with Crippen molar-refractivity contribution < 1.29 is 14.6 Å². The second-order valence-electron chi connectivity index (χ2n) is 4.54. The molecule has 0 spiro atoms. The molecule has 4 nitrogen and oxygen atoms in total. The van der Waals surface area contributed by atoms with Gasteiger partial charge in [0, 0.05) is 5.56 Å². The largest absolute Gasteiger partial charge is 0.508 e. The SMILES string of the molecule is COC(=O)NC(c1ccccc1)c1cc(C)ccc1O. The van der Waals surface area contributed by atoms with E-state index in [-0.39, 0.29) is 5.75 Å². The minimum Gasteiger partial charge on any atom is -0.508 e. The van der Waals surface area contributed by atoms with Crippen LogP contribution in [0.15, 0.2) is 48.5 Å². The molecule has 0 radical (unpaired) electrons. The van der Waals surface area contributed by atoms with Gasteiger partial charge >= 0.3 is 6.09 Å². The quantitative estimate of drug-likeness (QED) is 0.901. The van der Waals surface area contributed by atoms with E-state index in [0.29, 0.717) is 5.56 Å². The summed E-state index contributed by atoms with van der Waals surface area (Å²) in [6.07, 6.45) is -0.542. The minimum absolute atomic E-state index is 0.140. The van der Waals surface area contributed by atoms with Gasteiger partial charge in [0.2, 0.25) is 0 Å². The van der Waals surface area contributed by atoms with Gasteiger partial charge in [-0.3, -0.25) is 0 Å². The van der Waals surface area contributed by atoms with Gasteiger partial charge in [-0.25, -0.2) is 4.79 Å². The van der Waals surface area contributed by atoms with E-state index >= 15 is 0 Å². The highest BCUT2D eigenvalue weighted by molar-refractivity contribution is 5.69. The molecule has 1 atom stereocenters. The summed E-state index contributed by atoms with van der Waals surface area (Å²) < 4.78 is 4.66. The van der Waals surface area contributed by atoms with E-state index in [1.807, 2.05) is 49.4 Å². The number of aromatic hydroxyl groups is 1. The third-order valence-corrected chi connectivity index (χ3v) is 3.07. The summed E-state index contributed by atoms with van der Waals surface area (Å²) in [6.45, 7) is 1.93. The van der Waals surface area contributed by atoms with Gasteiger partial charge in [-0.1, -0.05) is 42.0 Å². The van der Waals surface area contributed by atoms with E-state index in [1.54, 1.807) is 6.07 Å². The number of aryl methyl sites for hydroxylation is 1. The molecule has 4 heteroatoms. The first-order valence-corrected chi connectivity index (χ1v) is 6.30. The fraction of sp³-hybridized carbons (Fsp3) is 0.188. The average molecular weight is 271 g/mol. The number of hydrogen-bond acceptors (Lipinski definition) is 3. The molecular formula is C16H17NO3. The van der Waals surface area contributed by atoms with Crippen molar-refractivity contribution in [2.45, 2.75) is 13.0 Å². The van der Waals surface area contributed by atoms with Crippen molar-refractivity contribution in [1.82, 2.24) is 5.32 Å². The Morgan fingerprint density at radius 2 is 1.90 bits per heavy atom. The van der Waals surface area contributed by atoms with E-state index in [0.717, 1.165) is 11.1 Å². The maximum absolute atomic E-state index is 11.6. The molecule has 0 aliphatic carbocycles. The van der Waals surface area contributed by atoms with Gasteiger partial charge in [-0.05, 0) is 24.6 Å². The third-order valence-electron chi connectivity index (χ3n) is 3.07. The normalized spacial score (nSPS) is 11.7. The van der Waals surface area contributed by atoms with Crippen LogP contribution in [-0.4, -0.2) is 18.3 Å². The first-order chi connectivity index (χ1) is 9.61. The van der Waals surface area contributed by atoms with E-state index in [2.05, 4.69) is 10.1 Å². The summed E-state index contributed by atoms with van der Waals surface area (Å²) in [5.41, 5.74) is 2.52. The number of phenols is 1. The lowest BCUT2D eigenvalue weighted by Crippen LogP contribution is -2.29. The second kappa shape index (κ2) is 6.10. The summed E-state index contributed by atoms with van der Waals surface area (Å²) in [6, 6.07) is 14.3. The molecule has 0 saturated carbocycles. The highest BCUT2D eigenvalue weighted by atomic mass is 16.5. The van der Waals surface area contributed by atoms with Crippen LogP contribution in [-0.2, 0) is 4.74 Å². The number of carbonyl (C=O) groups is 1. The summed E-state index contributed by atoms with van der Waals surface area (Å²) >= 11 is 0. The molecule has 0 heterocycles. The molecule has 1 amide bonds. The number of phenolic OH excluding ortho intramolecular Hbond substituents is 1. The smallest absolute Gasteiger partial charge is 0.407 e. The van der Waals surface area contributed by atoms with Crippen LogP contribution in [0.25, 0.3) is 0 Å². The summed E-state index contributed by atoms with van der Waals surface area (Å²) in [4.78, 5) is 11.6. The van der Waals surface area contributed by atoms with Crippen molar-refractivity contribution in [2.75, 3.05) is 7.11 Å². The van der Waals surface area contributed by atoms with Crippen LogP contribution in [0.1, 0.15) is 22.7 Å². The zero-order valence-corrected chi connectivity index (χ0v) is 11.5. The number of nitrogens with one attached hydrogen (secondary N) is 1. The van der Waals surface area contributed by atoms with Gasteiger partial charge in [-0.15, -0.1) is 0 Å². The molecule has 0 aliphatic rings. The number of ether oxygens (including phenoxy) is 1. The second-order valence-corrected chi connectivity index (χ2v) is 4.54. The van der Waals surface area contributed by atoms with Crippen LogP contribution in [0.2, 0.25) is 0 Å². The Balaban J connectivity index is 2.46. The molecule has 0 saturated heterocycles. The minimum atomic E-state index is -0.542. The van der Waals surface area contributed by atoms with E-state index < -0.39 is 12.1 Å². The van der Waals surface area contributed by atoms with Crippen LogP contribution in [0.5, 0.6) is 5.75 Å². The number of amides is 1. The maximum atomic E-state index is 11.6. The number of carbonyl (C=O) groups excluding carboxylic acids is 1.